The lowest BCUT2D eigenvalue weighted by molar-refractivity contribution is -0.123. The van der Waals surface area contributed by atoms with Crippen LogP contribution in [0.4, 0.5) is 11.5 Å². The fourth-order valence-corrected chi connectivity index (χ4v) is 4.03. The molecule has 0 spiro atoms. The molecule has 7 heteroatoms. The molecule has 1 saturated carbocycles. The van der Waals surface area contributed by atoms with Crippen LogP contribution in [0, 0.1) is 22.7 Å². The molecule has 2 heterocycles. The lowest BCUT2D eigenvalue weighted by Gasteiger charge is -2.21. The van der Waals surface area contributed by atoms with Gasteiger partial charge in [0.25, 0.3) is 0 Å². The summed E-state index contributed by atoms with van der Waals surface area (Å²) in [6.07, 6.45) is 4.92. The second-order valence-corrected chi connectivity index (χ2v) is 8.07. The molecule has 2 aromatic rings. The van der Waals surface area contributed by atoms with Gasteiger partial charge in [-0.2, -0.15) is 5.26 Å². The predicted octanol–water partition coefficient (Wildman–Crippen LogP) is 3.96. The third-order valence-electron chi connectivity index (χ3n) is 5.71. The summed E-state index contributed by atoms with van der Waals surface area (Å²) in [7, 11) is 0. The van der Waals surface area contributed by atoms with E-state index in [0.717, 1.165) is 18.4 Å². The maximum atomic E-state index is 12.9. The molecule has 6 nitrogen and oxygen atoms in total. The first kappa shape index (κ1) is 19.4. The summed E-state index contributed by atoms with van der Waals surface area (Å²) in [5.41, 5.74) is 0.809. The first-order valence-corrected chi connectivity index (χ1v) is 10.1. The molecule has 0 bridgehead atoms. The van der Waals surface area contributed by atoms with Crippen molar-refractivity contribution in [2.75, 3.05) is 16.8 Å². The highest BCUT2D eigenvalue weighted by molar-refractivity contribution is 6.30. The van der Waals surface area contributed by atoms with Crippen molar-refractivity contribution in [3.05, 3.63) is 53.2 Å². The zero-order valence-electron chi connectivity index (χ0n) is 15.9. The number of amides is 2. The Kier molecular flexibility index (Phi) is 5.25. The second-order valence-electron chi connectivity index (χ2n) is 7.64. The van der Waals surface area contributed by atoms with Gasteiger partial charge in [-0.05, 0) is 55.4 Å². The van der Waals surface area contributed by atoms with E-state index in [1.807, 2.05) is 12.1 Å². The predicted molar refractivity (Wildman–Crippen MR) is 110 cm³/mol. The van der Waals surface area contributed by atoms with Crippen molar-refractivity contribution in [2.45, 2.75) is 32.1 Å². The average Bonchev–Trinajstić information content (AvgIpc) is 3.52. The van der Waals surface area contributed by atoms with Crippen molar-refractivity contribution >= 4 is 34.9 Å². The number of benzene rings is 1. The number of hydrogen-bond donors (Lipinski definition) is 1. The Bertz CT molecular complexity index is 981. The van der Waals surface area contributed by atoms with Crippen molar-refractivity contribution in [1.29, 1.82) is 5.26 Å². The second kappa shape index (κ2) is 7.84. The van der Waals surface area contributed by atoms with Crippen LogP contribution in [0.25, 0.3) is 0 Å². The van der Waals surface area contributed by atoms with Gasteiger partial charge < -0.3 is 10.2 Å². The van der Waals surface area contributed by atoms with Gasteiger partial charge in [-0.25, -0.2) is 4.98 Å². The molecular formula is C22H21ClN4O2. The van der Waals surface area contributed by atoms with E-state index in [1.165, 1.54) is 0 Å². The highest BCUT2D eigenvalue weighted by Gasteiger charge is 2.56. The molecule has 1 aliphatic carbocycles. The molecule has 148 valence electrons. The number of hydrogen-bond acceptors (Lipinski definition) is 4. The summed E-state index contributed by atoms with van der Waals surface area (Å²) in [6.45, 7) is 0.511. The van der Waals surface area contributed by atoms with Crippen molar-refractivity contribution in [1.82, 2.24) is 4.98 Å². The molecule has 1 aliphatic heterocycles. The van der Waals surface area contributed by atoms with Gasteiger partial charge in [-0.15, -0.1) is 0 Å². The van der Waals surface area contributed by atoms with Gasteiger partial charge in [0.1, 0.15) is 11.2 Å². The van der Waals surface area contributed by atoms with Gasteiger partial charge in [-0.3, -0.25) is 9.59 Å². The zero-order valence-corrected chi connectivity index (χ0v) is 16.7. The molecule has 2 amide bonds. The Morgan fingerprint density at radius 3 is 2.76 bits per heavy atom. The molecule has 1 aromatic heterocycles. The minimum absolute atomic E-state index is 0.131. The SMILES string of the molecule is N#C[C@@]1(C2CC2)CCN(c2ccnc(NC(=O)CCc3ccc(Cl)cc3)c2)C1=O. The van der Waals surface area contributed by atoms with E-state index in [1.54, 1.807) is 35.4 Å². The molecule has 1 N–H and O–H groups in total. The van der Waals surface area contributed by atoms with Crippen molar-refractivity contribution in [3.63, 3.8) is 0 Å². The number of nitrogens with zero attached hydrogens (tertiary/aromatic N) is 3. The van der Waals surface area contributed by atoms with Crippen LogP contribution < -0.4 is 10.2 Å². The molecule has 2 aliphatic rings. The highest BCUT2D eigenvalue weighted by Crippen LogP contribution is 2.51. The molecule has 29 heavy (non-hydrogen) atoms. The van der Waals surface area contributed by atoms with E-state index in [9.17, 15) is 14.9 Å². The van der Waals surface area contributed by atoms with E-state index in [2.05, 4.69) is 16.4 Å². The monoisotopic (exact) mass is 408 g/mol. The van der Waals surface area contributed by atoms with Gasteiger partial charge in [0.15, 0.2) is 0 Å². The van der Waals surface area contributed by atoms with Crippen LogP contribution in [0.5, 0.6) is 0 Å². The fraction of sp³-hybridized carbons (Fsp3) is 0.364. The Hall–Kier alpha value is -2.91. The van der Waals surface area contributed by atoms with E-state index >= 15 is 0 Å². The third kappa shape index (κ3) is 3.96. The Morgan fingerprint density at radius 1 is 1.31 bits per heavy atom. The van der Waals surface area contributed by atoms with Crippen molar-refractivity contribution in [2.24, 2.45) is 11.3 Å². The lowest BCUT2D eigenvalue weighted by Crippen LogP contribution is -2.35. The largest absolute Gasteiger partial charge is 0.311 e. The number of halogens is 1. The number of aromatic nitrogens is 1. The summed E-state index contributed by atoms with van der Waals surface area (Å²) in [6, 6.07) is 13.1. The van der Waals surface area contributed by atoms with Crippen molar-refractivity contribution < 1.29 is 9.59 Å². The van der Waals surface area contributed by atoms with Crippen LogP contribution >= 0.6 is 11.6 Å². The van der Waals surface area contributed by atoms with Crippen LogP contribution in [0.1, 0.15) is 31.2 Å². The molecule has 4 rings (SSSR count). The molecule has 0 unspecified atom stereocenters. The highest BCUT2D eigenvalue weighted by atomic mass is 35.5. The van der Waals surface area contributed by atoms with Crippen molar-refractivity contribution in [3.8, 4) is 6.07 Å². The maximum Gasteiger partial charge on any atom is 0.247 e. The molecule has 1 atom stereocenters. The minimum atomic E-state index is -0.884. The normalized spacial score (nSPS) is 21.1. The standard InChI is InChI=1S/C22H21ClN4O2/c23-17-6-1-15(2-7-17)3-8-20(28)26-19-13-18(9-11-25-19)27-12-10-22(14-24,21(27)29)16-4-5-16/h1-2,6-7,9,11,13,16H,3-5,8,10,12H2,(H,25,26,28)/t22-/m1/s1. The van der Waals surface area contributed by atoms with Gasteiger partial charge in [0.05, 0.1) is 6.07 Å². The number of carbonyl (C=O) groups is 2. The summed E-state index contributed by atoms with van der Waals surface area (Å²) in [5, 5.41) is 13.1. The molecular weight excluding hydrogens is 388 g/mol. The van der Waals surface area contributed by atoms with Crippen LogP contribution in [0.2, 0.25) is 5.02 Å². The van der Waals surface area contributed by atoms with E-state index in [0.29, 0.717) is 42.3 Å². The Labute approximate surface area is 174 Å². The first-order chi connectivity index (χ1) is 14.0. The smallest absolute Gasteiger partial charge is 0.247 e. The number of pyridine rings is 1. The first-order valence-electron chi connectivity index (χ1n) is 9.75. The molecule has 0 radical (unpaired) electrons. The van der Waals surface area contributed by atoms with Crippen LogP contribution in [0.3, 0.4) is 0 Å². The number of nitriles is 1. The van der Waals surface area contributed by atoms with E-state index in [-0.39, 0.29) is 17.7 Å². The quantitative estimate of drug-likeness (QED) is 0.783. The lowest BCUT2D eigenvalue weighted by atomic mass is 9.83. The van der Waals surface area contributed by atoms with Crippen LogP contribution in [-0.2, 0) is 16.0 Å². The molecule has 1 saturated heterocycles. The number of anilines is 2. The van der Waals surface area contributed by atoms with Gasteiger partial charge in [0.2, 0.25) is 11.8 Å². The van der Waals surface area contributed by atoms with Gasteiger partial charge >= 0.3 is 0 Å². The van der Waals surface area contributed by atoms with Gasteiger partial charge in [0, 0.05) is 35.9 Å². The molecule has 2 fully saturated rings. The topological polar surface area (TPSA) is 86.1 Å². The van der Waals surface area contributed by atoms with E-state index < -0.39 is 5.41 Å². The summed E-state index contributed by atoms with van der Waals surface area (Å²) < 4.78 is 0. The molecule has 1 aromatic carbocycles. The number of nitrogens with one attached hydrogen (secondary N) is 1. The average molecular weight is 409 g/mol. The Balaban J connectivity index is 1.40. The summed E-state index contributed by atoms with van der Waals surface area (Å²) >= 11 is 5.87. The number of rotatable bonds is 6. The number of carbonyl (C=O) groups excluding carboxylic acids is 2. The zero-order chi connectivity index (χ0) is 20.4. The summed E-state index contributed by atoms with van der Waals surface area (Å²) in [5.74, 6) is 0.298. The fourth-order valence-electron chi connectivity index (χ4n) is 3.90. The maximum absolute atomic E-state index is 12.9. The van der Waals surface area contributed by atoms with Crippen LogP contribution in [0.15, 0.2) is 42.6 Å². The minimum Gasteiger partial charge on any atom is -0.311 e. The van der Waals surface area contributed by atoms with Gasteiger partial charge in [-0.1, -0.05) is 23.7 Å². The number of aryl methyl sites for hydroxylation is 1. The Morgan fingerprint density at radius 2 is 2.07 bits per heavy atom. The van der Waals surface area contributed by atoms with E-state index in [4.69, 9.17) is 11.6 Å². The summed E-state index contributed by atoms with van der Waals surface area (Å²) in [4.78, 5) is 31.1. The third-order valence-corrected chi connectivity index (χ3v) is 5.96. The van der Waals surface area contributed by atoms with Crippen LogP contribution in [-0.4, -0.2) is 23.3 Å².